The smallest absolute Gasteiger partial charge is 0.0727 e. The molecule has 1 aliphatic heterocycles. The van der Waals surface area contributed by atoms with Gasteiger partial charge in [0.2, 0.25) is 0 Å². The SMILES string of the molecule is Clc1ccc2c3c(cccc13)COC2. The molecule has 1 heterocycles. The molecule has 0 spiro atoms. The summed E-state index contributed by atoms with van der Waals surface area (Å²) in [5, 5.41) is 3.25. The Balaban J connectivity index is 2.51. The highest BCUT2D eigenvalue weighted by molar-refractivity contribution is 6.35. The van der Waals surface area contributed by atoms with Gasteiger partial charge < -0.3 is 4.74 Å². The molecule has 0 aromatic heterocycles. The third-order valence-electron chi connectivity index (χ3n) is 2.68. The topological polar surface area (TPSA) is 9.23 Å². The van der Waals surface area contributed by atoms with Gasteiger partial charge in [0.15, 0.2) is 0 Å². The highest BCUT2D eigenvalue weighted by atomic mass is 35.5. The van der Waals surface area contributed by atoms with Crippen LogP contribution in [0.4, 0.5) is 0 Å². The minimum atomic E-state index is 0.699. The fraction of sp³-hybridized carbons (Fsp3) is 0.167. The van der Waals surface area contributed by atoms with Gasteiger partial charge in [0.1, 0.15) is 0 Å². The number of benzene rings is 2. The molecule has 0 fully saturated rings. The van der Waals surface area contributed by atoms with Gasteiger partial charge in [0, 0.05) is 10.4 Å². The number of rotatable bonds is 0. The average Bonchev–Trinajstić information content (AvgIpc) is 2.24. The Bertz CT molecular complexity index is 495. The van der Waals surface area contributed by atoms with Gasteiger partial charge in [0.25, 0.3) is 0 Å². The summed E-state index contributed by atoms with van der Waals surface area (Å²) >= 11 is 6.14. The van der Waals surface area contributed by atoms with E-state index in [0.717, 1.165) is 10.4 Å². The minimum Gasteiger partial charge on any atom is -0.372 e. The van der Waals surface area contributed by atoms with Crippen LogP contribution in [-0.2, 0) is 18.0 Å². The van der Waals surface area contributed by atoms with Gasteiger partial charge in [-0.15, -0.1) is 0 Å². The molecule has 0 amide bonds. The lowest BCUT2D eigenvalue weighted by Crippen LogP contribution is -2.03. The number of halogens is 1. The molecule has 0 atom stereocenters. The molecule has 0 bridgehead atoms. The fourth-order valence-corrected chi connectivity index (χ4v) is 2.26. The predicted octanol–water partition coefficient (Wildman–Crippen LogP) is 3.52. The van der Waals surface area contributed by atoms with E-state index in [2.05, 4.69) is 12.1 Å². The molecule has 14 heavy (non-hydrogen) atoms. The summed E-state index contributed by atoms with van der Waals surface area (Å²) < 4.78 is 5.48. The van der Waals surface area contributed by atoms with Crippen LogP contribution in [0.15, 0.2) is 30.3 Å². The van der Waals surface area contributed by atoms with Crippen LogP contribution < -0.4 is 0 Å². The Morgan fingerprint density at radius 1 is 1.00 bits per heavy atom. The number of hydrogen-bond donors (Lipinski definition) is 0. The van der Waals surface area contributed by atoms with Crippen molar-refractivity contribution >= 4 is 22.4 Å². The van der Waals surface area contributed by atoms with Crippen molar-refractivity contribution in [3.8, 4) is 0 Å². The summed E-state index contributed by atoms with van der Waals surface area (Å²) in [4.78, 5) is 0. The molecule has 0 saturated heterocycles. The maximum Gasteiger partial charge on any atom is 0.0727 e. The second kappa shape index (κ2) is 2.97. The summed E-state index contributed by atoms with van der Waals surface area (Å²) in [5.74, 6) is 0. The van der Waals surface area contributed by atoms with Crippen molar-refractivity contribution in [2.24, 2.45) is 0 Å². The van der Waals surface area contributed by atoms with E-state index in [1.165, 1.54) is 16.5 Å². The van der Waals surface area contributed by atoms with Crippen LogP contribution in [0, 0.1) is 0 Å². The summed E-state index contributed by atoms with van der Waals surface area (Å²) in [7, 11) is 0. The Kier molecular flexibility index (Phi) is 1.76. The minimum absolute atomic E-state index is 0.699. The van der Waals surface area contributed by atoms with Crippen molar-refractivity contribution < 1.29 is 4.74 Å². The van der Waals surface area contributed by atoms with Crippen molar-refractivity contribution in [2.75, 3.05) is 0 Å². The molecule has 0 aliphatic carbocycles. The third-order valence-corrected chi connectivity index (χ3v) is 3.00. The summed E-state index contributed by atoms with van der Waals surface area (Å²) in [5.41, 5.74) is 2.48. The Hall–Kier alpha value is -1.05. The standard InChI is InChI=1S/C12H9ClO/c13-11-5-4-9-7-14-6-8-2-1-3-10(11)12(8)9/h1-5H,6-7H2. The summed E-state index contributed by atoms with van der Waals surface area (Å²) in [6.07, 6.45) is 0. The summed E-state index contributed by atoms with van der Waals surface area (Å²) in [6, 6.07) is 10.2. The third kappa shape index (κ3) is 1.06. The van der Waals surface area contributed by atoms with E-state index >= 15 is 0 Å². The first-order valence-corrected chi connectivity index (χ1v) is 5.01. The molecular formula is C12H9ClO. The predicted molar refractivity (Wildman–Crippen MR) is 57.5 cm³/mol. The van der Waals surface area contributed by atoms with Gasteiger partial charge in [-0.2, -0.15) is 0 Å². The Labute approximate surface area is 87.3 Å². The van der Waals surface area contributed by atoms with E-state index in [1.54, 1.807) is 0 Å². The van der Waals surface area contributed by atoms with Crippen molar-refractivity contribution in [1.29, 1.82) is 0 Å². The van der Waals surface area contributed by atoms with E-state index in [9.17, 15) is 0 Å². The van der Waals surface area contributed by atoms with Gasteiger partial charge in [0.05, 0.1) is 13.2 Å². The molecule has 70 valence electrons. The van der Waals surface area contributed by atoms with Crippen LogP contribution in [0.2, 0.25) is 5.02 Å². The average molecular weight is 205 g/mol. The molecular weight excluding hydrogens is 196 g/mol. The first-order chi connectivity index (χ1) is 6.86. The largest absolute Gasteiger partial charge is 0.372 e. The monoisotopic (exact) mass is 204 g/mol. The van der Waals surface area contributed by atoms with Crippen molar-refractivity contribution in [1.82, 2.24) is 0 Å². The second-order valence-electron chi connectivity index (χ2n) is 3.54. The maximum atomic E-state index is 6.14. The molecule has 2 aromatic carbocycles. The van der Waals surface area contributed by atoms with E-state index in [4.69, 9.17) is 16.3 Å². The van der Waals surface area contributed by atoms with E-state index in [0.29, 0.717) is 13.2 Å². The van der Waals surface area contributed by atoms with Crippen molar-refractivity contribution in [3.63, 3.8) is 0 Å². The van der Waals surface area contributed by atoms with Crippen molar-refractivity contribution in [3.05, 3.63) is 46.5 Å². The highest BCUT2D eigenvalue weighted by Crippen LogP contribution is 2.32. The van der Waals surface area contributed by atoms with Crippen LogP contribution in [0.3, 0.4) is 0 Å². The molecule has 1 aliphatic rings. The molecule has 0 unspecified atom stereocenters. The first-order valence-electron chi connectivity index (χ1n) is 4.63. The van der Waals surface area contributed by atoms with Gasteiger partial charge in [-0.25, -0.2) is 0 Å². The fourth-order valence-electron chi connectivity index (χ4n) is 2.04. The molecule has 0 N–H and O–H groups in total. The van der Waals surface area contributed by atoms with E-state index < -0.39 is 0 Å². The van der Waals surface area contributed by atoms with E-state index in [-0.39, 0.29) is 0 Å². The quantitative estimate of drug-likeness (QED) is 0.638. The van der Waals surface area contributed by atoms with Crippen LogP contribution >= 0.6 is 11.6 Å². The Morgan fingerprint density at radius 2 is 1.79 bits per heavy atom. The normalized spacial score (nSPS) is 14.6. The van der Waals surface area contributed by atoms with E-state index in [1.807, 2.05) is 18.2 Å². The van der Waals surface area contributed by atoms with Gasteiger partial charge in [-0.1, -0.05) is 35.9 Å². The molecule has 0 radical (unpaired) electrons. The molecule has 0 saturated carbocycles. The summed E-state index contributed by atoms with van der Waals surface area (Å²) in [6.45, 7) is 1.40. The maximum absolute atomic E-state index is 6.14. The van der Waals surface area contributed by atoms with Crippen molar-refractivity contribution in [2.45, 2.75) is 13.2 Å². The molecule has 1 nitrogen and oxygen atoms in total. The lowest BCUT2D eigenvalue weighted by molar-refractivity contribution is 0.103. The highest BCUT2D eigenvalue weighted by Gasteiger charge is 2.13. The molecule has 2 heteroatoms. The van der Waals surface area contributed by atoms with Gasteiger partial charge in [-0.3, -0.25) is 0 Å². The van der Waals surface area contributed by atoms with Crippen LogP contribution in [0.5, 0.6) is 0 Å². The lowest BCUT2D eigenvalue weighted by Gasteiger charge is -2.18. The number of hydrogen-bond acceptors (Lipinski definition) is 1. The van der Waals surface area contributed by atoms with Crippen LogP contribution in [0.1, 0.15) is 11.1 Å². The zero-order valence-corrected chi connectivity index (χ0v) is 8.34. The lowest BCUT2D eigenvalue weighted by atomic mass is 9.98. The van der Waals surface area contributed by atoms with Crippen LogP contribution in [-0.4, -0.2) is 0 Å². The number of ether oxygens (including phenoxy) is 1. The van der Waals surface area contributed by atoms with Gasteiger partial charge in [-0.05, 0) is 22.6 Å². The van der Waals surface area contributed by atoms with Crippen LogP contribution in [0.25, 0.3) is 10.8 Å². The zero-order valence-electron chi connectivity index (χ0n) is 7.59. The zero-order chi connectivity index (χ0) is 9.54. The Morgan fingerprint density at radius 3 is 2.64 bits per heavy atom. The first kappa shape index (κ1) is 8.27. The second-order valence-corrected chi connectivity index (χ2v) is 3.95. The van der Waals surface area contributed by atoms with Gasteiger partial charge >= 0.3 is 0 Å². The molecule has 2 aromatic rings. The molecule has 3 rings (SSSR count).